The topological polar surface area (TPSA) is 127 Å². The average Bonchev–Trinajstić information content (AvgIpc) is 2.34. The highest BCUT2D eigenvalue weighted by Gasteiger charge is 2.24. The van der Waals surface area contributed by atoms with E-state index in [1.54, 1.807) is 0 Å². The molecule has 1 aromatic rings. The van der Waals surface area contributed by atoms with Crippen LogP contribution in [0.3, 0.4) is 0 Å². The van der Waals surface area contributed by atoms with Crippen molar-refractivity contribution in [3.8, 4) is 5.75 Å². The van der Waals surface area contributed by atoms with Gasteiger partial charge in [-0.1, -0.05) is 6.92 Å². The minimum Gasteiger partial charge on any atom is -0.479 e. The molecular weight excluding hydrogens is 258 g/mol. The Hall–Kier alpha value is -2.64. The molecule has 0 aliphatic heterocycles. The highest BCUT2D eigenvalue weighted by molar-refractivity contribution is 5.88. The van der Waals surface area contributed by atoms with E-state index in [2.05, 4.69) is 0 Å². The monoisotopic (exact) mass is 269 g/mol. The largest absolute Gasteiger partial charge is 0.479 e. The summed E-state index contributed by atoms with van der Waals surface area (Å²) in [5, 5.41) is 28.4. The third kappa shape index (κ3) is 3.41. The van der Waals surface area contributed by atoms with Crippen LogP contribution in [0.25, 0.3) is 0 Å². The summed E-state index contributed by atoms with van der Waals surface area (Å²) in [4.78, 5) is 31.6. The summed E-state index contributed by atoms with van der Waals surface area (Å²) >= 11 is 0. The molecule has 1 unspecified atom stereocenters. The zero-order valence-electron chi connectivity index (χ0n) is 9.90. The third-order valence-electron chi connectivity index (χ3n) is 2.32. The number of ether oxygens (including phenoxy) is 1. The summed E-state index contributed by atoms with van der Waals surface area (Å²) in [7, 11) is 0. The summed E-state index contributed by atoms with van der Waals surface area (Å²) in [5.74, 6) is -2.94. The Balaban J connectivity index is 3.21. The molecule has 102 valence electrons. The second-order valence-electron chi connectivity index (χ2n) is 3.60. The molecule has 2 N–H and O–H groups in total. The summed E-state index contributed by atoms with van der Waals surface area (Å²) in [6.07, 6.45) is -1.19. The molecule has 0 saturated carbocycles. The molecule has 0 heterocycles. The number of aromatic carboxylic acids is 1. The van der Waals surface area contributed by atoms with Gasteiger partial charge in [0.2, 0.25) is 0 Å². The van der Waals surface area contributed by atoms with Crippen LogP contribution in [0.4, 0.5) is 5.69 Å². The Labute approximate surface area is 107 Å². The summed E-state index contributed by atoms with van der Waals surface area (Å²) in [6.45, 7) is 1.53. The highest BCUT2D eigenvalue weighted by atomic mass is 16.6. The van der Waals surface area contributed by atoms with Gasteiger partial charge in [0.1, 0.15) is 0 Å². The number of nitro groups is 1. The van der Waals surface area contributed by atoms with Crippen LogP contribution in [0.15, 0.2) is 18.2 Å². The van der Waals surface area contributed by atoms with Crippen LogP contribution >= 0.6 is 0 Å². The number of carbonyl (C=O) groups is 2. The Morgan fingerprint density at radius 2 is 2.05 bits per heavy atom. The predicted octanol–water partition coefficient (Wildman–Crippen LogP) is 1.53. The van der Waals surface area contributed by atoms with Gasteiger partial charge in [-0.05, 0) is 12.5 Å². The van der Waals surface area contributed by atoms with E-state index in [4.69, 9.17) is 14.9 Å². The van der Waals surface area contributed by atoms with Gasteiger partial charge in [0.15, 0.2) is 11.9 Å². The van der Waals surface area contributed by atoms with Gasteiger partial charge in [-0.3, -0.25) is 10.1 Å². The first-order valence-corrected chi connectivity index (χ1v) is 5.28. The van der Waals surface area contributed by atoms with Crippen molar-refractivity contribution in [1.82, 2.24) is 0 Å². The maximum Gasteiger partial charge on any atom is 0.344 e. The van der Waals surface area contributed by atoms with Crippen LogP contribution < -0.4 is 4.74 Å². The number of rotatable bonds is 6. The van der Waals surface area contributed by atoms with Crippen LogP contribution in [0.2, 0.25) is 0 Å². The van der Waals surface area contributed by atoms with Gasteiger partial charge in [0, 0.05) is 12.1 Å². The number of nitrogens with zero attached hydrogens (tertiary/aromatic N) is 1. The normalized spacial score (nSPS) is 11.6. The van der Waals surface area contributed by atoms with Crippen molar-refractivity contribution >= 4 is 17.6 Å². The van der Waals surface area contributed by atoms with Crippen molar-refractivity contribution < 1.29 is 29.5 Å². The zero-order chi connectivity index (χ0) is 14.6. The molecule has 0 saturated heterocycles. The van der Waals surface area contributed by atoms with E-state index >= 15 is 0 Å². The van der Waals surface area contributed by atoms with Crippen LogP contribution in [0.5, 0.6) is 5.75 Å². The molecule has 0 aliphatic carbocycles. The maximum absolute atomic E-state index is 10.8. The van der Waals surface area contributed by atoms with Crippen LogP contribution in [0.1, 0.15) is 23.7 Å². The number of aliphatic carboxylic acids is 1. The molecule has 0 amide bonds. The number of benzene rings is 1. The van der Waals surface area contributed by atoms with Crippen molar-refractivity contribution in [2.75, 3.05) is 0 Å². The average molecular weight is 269 g/mol. The Morgan fingerprint density at radius 1 is 1.42 bits per heavy atom. The number of carboxylic acids is 2. The molecule has 0 aromatic heterocycles. The quantitative estimate of drug-likeness (QED) is 0.592. The smallest absolute Gasteiger partial charge is 0.344 e. The summed E-state index contributed by atoms with van der Waals surface area (Å²) in [5.41, 5.74) is -0.703. The van der Waals surface area contributed by atoms with E-state index in [1.165, 1.54) is 6.92 Å². The predicted molar refractivity (Wildman–Crippen MR) is 62.4 cm³/mol. The van der Waals surface area contributed by atoms with Gasteiger partial charge in [-0.25, -0.2) is 9.59 Å². The minimum atomic E-state index is -1.29. The maximum atomic E-state index is 10.8. The first-order chi connectivity index (χ1) is 8.86. The lowest BCUT2D eigenvalue weighted by Gasteiger charge is -2.13. The molecule has 0 aliphatic rings. The summed E-state index contributed by atoms with van der Waals surface area (Å²) in [6, 6.07) is 2.95. The fraction of sp³-hybridized carbons (Fsp3) is 0.273. The van der Waals surface area contributed by atoms with Gasteiger partial charge in [-0.15, -0.1) is 0 Å². The van der Waals surface area contributed by atoms with E-state index in [0.717, 1.165) is 18.2 Å². The molecule has 1 atom stereocenters. The van der Waals surface area contributed by atoms with Crippen molar-refractivity contribution in [1.29, 1.82) is 0 Å². The van der Waals surface area contributed by atoms with Crippen molar-refractivity contribution in [2.24, 2.45) is 0 Å². The Bertz CT molecular complexity index is 526. The van der Waals surface area contributed by atoms with Gasteiger partial charge < -0.3 is 14.9 Å². The molecule has 1 aromatic carbocycles. The van der Waals surface area contributed by atoms with E-state index in [0.29, 0.717) is 0 Å². The van der Waals surface area contributed by atoms with E-state index in [9.17, 15) is 19.7 Å². The number of hydrogen-bond donors (Lipinski definition) is 2. The molecule has 0 fully saturated rings. The van der Waals surface area contributed by atoms with Crippen LogP contribution in [-0.4, -0.2) is 33.2 Å². The van der Waals surface area contributed by atoms with Gasteiger partial charge in [0.25, 0.3) is 0 Å². The van der Waals surface area contributed by atoms with E-state index in [-0.39, 0.29) is 17.7 Å². The molecular formula is C11H11NO7. The molecule has 0 bridgehead atoms. The van der Waals surface area contributed by atoms with Crippen molar-refractivity contribution in [2.45, 2.75) is 19.4 Å². The molecule has 8 heteroatoms. The molecule has 8 nitrogen and oxygen atoms in total. The Morgan fingerprint density at radius 3 is 2.47 bits per heavy atom. The highest BCUT2D eigenvalue weighted by Crippen LogP contribution is 2.29. The molecule has 1 rings (SSSR count). The second-order valence-corrected chi connectivity index (χ2v) is 3.60. The molecule has 0 spiro atoms. The molecule has 19 heavy (non-hydrogen) atoms. The minimum absolute atomic E-state index is 0.0871. The lowest BCUT2D eigenvalue weighted by Crippen LogP contribution is -2.26. The van der Waals surface area contributed by atoms with Crippen molar-refractivity contribution in [3.63, 3.8) is 0 Å². The van der Waals surface area contributed by atoms with Gasteiger partial charge in [-0.2, -0.15) is 0 Å². The Kier molecular flexibility index (Phi) is 4.41. The fourth-order valence-electron chi connectivity index (χ4n) is 1.35. The number of nitro benzene ring substituents is 1. The standard InChI is InChI=1S/C11H11NO7/c1-2-8(11(15)16)19-9-5-6(10(13)14)3-4-7(9)12(17)18/h3-5,8H,2H2,1H3,(H,13,14)(H,15,16). The van der Waals surface area contributed by atoms with Crippen LogP contribution in [0, 0.1) is 10.1 Å². The lowest BCUT2D eigenvalue weighted by molar-refractivity contribution is -0.386. The first-order valence-electron chi connectivity index (χ1n) is 5.28. The van der Waals surface area contributed by atoms with E-state index in [1.807, 2.05) is 0 Å². The van der Waals surface area contributed by atoms with Gasteiger partial charge in [0.05, 0.1) is 10.5 Å². The first kappa shape index (κ1) is 14.4. The zero-order valence-corrected chi connectivity index (χ0v) is 9.90. The van der Waals surface area contributed by atoms with Gasteiger partial charge >= 0.3 is 17.6 Å². The summed E-state index contributed by atoms with van der Waals surface area (Å²) < 4.78 is 5.00. The molecule has 0 radical (unpaired) electrons. The SMILES string of the molecule is CCC(Oc1cc(C(=O)O)ccc1[N+](=O)[O-])C(=O)O. The fourth-order valence-corrected chi connectivity index (χ4v) is 1.35. The van der Waals surface area contributed by atoms with Crippen LogP contribution in [-0.2, 0) is 4.79 Å². The van der Waals surface area contributed by atoms with E-state index < -0.39 is 28.7 Å². The number of hydrogen-bond acceptors (Lipinski definition) is 5. The number of carboxylic acid groups (broad SMARTS) is 2. The lowest BCUT2D eigenvalue weighted by atomic mass is 10.2. The second kappa shape index (κ2) is 5.80. The van der Waals surface area contributed by atoms with Crippen molar-refractivity contribution in [3.05, 3.63) is 33.9 Å². The third-order valence-corrected chi connectivity index (χ3v) is 2.32.